The number of amides is 1. The molecule has 0 saturated heterocycles. The molecule has 6 nitrogen and oxygen atoms in total. The number of methoxy groups -OCH3 is 1. The molecule has 2 bridgehead atoms. The second-order valence-electron chi connectivity index (χ2n) is 10.1. The highest BCUT2D eigenvalue weighted by molar-refractivity contribution is 6.11. The van der Waals surface area contributed by atoms with E-state index in [0.29, 0.717) is 28.5 Å². The minimum Gasteiger partial charge on any atom is -0.480 e. The number of halogens is 2. The Morgan fingerprint density at radius 1 is 1.08 bits per heavy atom. The summed E-state index contributed by atoms with van der Waals surface area (Å²) >= 11 is 0. The van der Waals surface area contributed by atoms with E-state index in [1.54, 1.807) is 12.1 Å². The van der Waals surface area contributed by atoms with Crippen LogP contribution in [0.5, 0.6) is 5.88 Å². The van der Waals surface area contributed by atoms with E-state index in [0.717, 1.165) is 25.2 Å². The maximum Gasteiger partial charge on any atom is 0.255 e. The standard InChI is InChI=1S/C29H24F2N2O4/c1-32-26(35)24-21-10-19(27(36-2)33-28(21)37-25(24)16-3-6-18(30)7-4-16)17-5-8-22(31)20(9-17)23(34)14-29-11-15(12-29)13-29/h3-10,15H,11-14H2,1-2H3,(H,32,35). The van der Waals surface area contributed by atoms with Crippen LogP contribution in [0, 0.1) is 23.0 Å². The number of rotatable bonds is 7. The monoisotopic (exact) mass is 502 g/mol. The number of aromatic nitrogens is 1. The van der Waals surface area contributed by atoms with Crippen LogP contribution in [0.4, 0.5) is 8.78 Å². The van der Waals surface area contributed by atoms with Crippen molar-refractivity contribution >= 4 is 22.8 Å². The lowest BCUT2D eigenvalue weighted by Gasteiger charge is -2.62. The summed E-state index contributed by atoms with van der Waals surface area (Å²) in [7, 11) is 2.94. The molecule has 0 radical (unpaired) electrons. The predicted octanol–water partition coefficient (Wildman–Crippen LogP) is 6.18. The van der Waals surface area contributed by atoms with Crippen molar-refractivity contribution in [3.05, 3.63) is 71.3 Å². The van der Waals surface area contributed by atoms with Crippen LogP contribution in [-0.4, -0.2) is 30.8 Å². The van der Waals surface area contributed by atoms with Gasteiger partial charge in [0.05, 0.1) is 23.6 Å². The normalized spacial score (nSPS) is 19.7. The molecule has 0 aliphatic heterocycles. The van der Waals surface area contributed by atoms with Gasteiger partial charge in [0.15, 0.2) is 5.78 Å². The molecular weight excluding hydrogens is 478 g/mol. The van der Waals surface area contributed by atoms with E-state index in [9.17, 15) is 18.4 Å². The van der Waals surface area contributed by atoms with Gasteiger partial charge >= 0.3 is 0 Å². The van der Waals surface area contributed by atoms with Crippen molar-refractivity contribution in [3.63, 3.8) is 0 Å². The number of hydrogen-bond donors (Lipinski definition) is 1. The Morgan fingerprint density at radius 2 is 1.78 bits per heavy atom. The second-order valence-corrected chi connectivity index (χ2v) is 10.1. The van der Waals surface area contributed by atoms with Crippen LogP contribution in [0.1, 0.15) is 46.4 Å². The van der Waals surface area contributed by atoms with Gasteiger partial charge in [-0.1, -0.05) is 6.07 Å². The van der Waals surface area contributed by atoms with E-state index >= 15 is 0 Å². The number of hydrogen-bond acceptors (Lipinski definition) is 5. The minimum atomic E-state index is -0.568. The molecule has 3 saturated carbocycles. The molecule has 188 valence electrons. The number of carbonyl (C=O) groups is 2. The lowest BCUT2D eigenvalue weighted by atomic mass is 9.43. The fourth-order valence-electron chi connectivity index (χ4n) is 5.74. The third kappa shape index (κ3) is 3.79. The van der Waals surface area contributed by atoms with Crippen LogP contribution in [0.15, 0.2) is 52.9 Å². The topological polar surface area (TPSA) is 81.4 Å². The van der Waals surface area contributed by atoms with Gasteiger partial charge in [-0.3, -0.25) is 9.59 Å². The number of ether oxygens (including phenoxy) is 1. The van der Waals surface area contributed by atoms with E-state index in [1.807, 2.05) is 0 Å². The number of ketones is 1. The van der Waals surface area contributed by atoms with Gasteiger partial charge < -0.3 is 14.5 Å². The molecule has 1 amide bonds. The van der Waals surface area contributed by atoms with Gasteiger partial charge in [-0.15, -0.1) is 0 Å². The summed E-state index contributed by atoms with van der Waals surface area (Å²) in [6.45, 7) is 0. The van der Waals surface area contributed by atoms with E-state index in [-0.39, 0.29) is 39.7 Å². The van der Waals surface area contributed by atoms with Crippen LogP contribution in [0.25, 0.3) is 33.6 Å². The summed E-state index contributed by atoms with van der Waals surface area (Å²) < 4.78 is 39.7. The van der Waals surface area contributed by atoms with E-state index in [4.69, 9.17) is 9.15 Å². The Bertz CT molecular complexity index is 1560. The zero-order valence-corrected chi connectivity index (χ0v) is 20.4. The number of nitrogens with zero attached hydrogens (tertiary/aromatic N) is 1. The van der Waals surface area contributed by atoms with Gasteiger partial charge in [-0.2, -0.15) is 4.98 Å². The van der Waals surface area contributed by atoms with Crippen molar-refractivity contribution < 1.29 is 27.5 Å². The molecule has 3 aliphatic rings. The summed E-state index contributed by atoms with van der Waals surface area (Å²) in [5.74, 6) is -0.451. The van der Waals surface area contributed by atoms with Crippen LogP contribution < -0.4 is 10.1 Å². The highest BCUT2D eigenvalue weighted by Crippen LogP contribution is 2.66. The molecule has 2 heterocycles. The highest BCUT2D eigenvalue weighted by atomic mass is 19.1. The maximum atomic E-state index is 14.8. The Kier molecular flexibility index (Phi) is 5.36. The molecule has 4 aromatic rings. The number of nitrogens with one attached hydrogen (secondary N) is 1. The van der Waals surface area contributed by atoms with Crippen molar-refractivity contribution in [1.82, 2.24) is 10.3 Å². The fourth-order valence-corrected chi connectivity index (χ4v) is 5.74. The molecule has 37 heavy (non-hydrogen) atoms. The number of carbonyl (C=O) groups excluding carboxylic acids is 2. The molecule has 0 atom stereocenters. The van der Waals surface area contributed by atoms with Crippen molar-refractivity contribution in [2.24, 2.45) is 11.3 Å². The fraction of sp³-hybridized carbons (Fsp3) is 0.276. The molecule has 1 N–H and O–H groups in total. The molecule has 2 aromatic carbocycles. The summed E-state index contributed by atoms with van der Waals surface area (Å²) in [6, 6.07) is 11.6. The Labute approximate surface area is 211 Å². The molecule has 3 aliphatic carbocycles. The van der Waals surface area contributed by atoms with Gasteiger partial charge in [-0.25, -0.2) is 8.78 Å². The molecular formula is C29H24F2N2O4. The molecule has 8 heteroatoms. The van der Waals surface area contributed by atoms with E-state index in [1.165, 1.54) is 50.6 Å². The number of fused-ring (bicyclic) bond motifs is 1. The summed E-state index contributed by atoms with van der Waals surface area (Å²) in [6.07, 6.45) is 3.50. The van der Waals surface area contributed by atoms with Crippen LogP contribution in [0.2, 0.25) is 0 Å². The molecule has 0 unspecified atom stereocenters. The Morgan fingerprint density at radius 3 is 2.41 bits per heavy atom. The van der Waals surface area contributed by atoms with Crippen molar-refractivity contribution in [2.75, 3.05) is 14.2 Å². The highest BCUT2D eigenvalue weighted by Gasteiger charge is 2.57. The first kappa shape index (κ1) is 23.3. The molecule has 2 aromatic heterocycles. The first-order valence-corrected chi connectivity index (χ1v) is 12.1. The van der Waals surface area contributed by atoms with Gasteiger partial charge in [-0.05, 0) is 78.6 Å². The quantitative estimate of drug-likeness (QED) is 0.305. The number of pyridine rings is 1. The lowest BCUT2D eigenvalue weighted by Crippen LogP contribution is -2.52. The summed E-state index contributed by atoms with van der Waals surface area (Å²) in [4.78, 5) is 30.4. The molecule has 7 rings (SSSR count). The SMILES string of the molecule is CNC(=O)c1c(-c2ccc(F)cc2)oc2nc(OC)c(-c3ccc(F)c(C(=O)CC45CC(C4)C5)c3)cc12. The number of furan rings is 1. The lowest BCUT2D eigenvalue weighted by molar-refractivity contribution is -0.103. The largest absolute Gasteiger partial charge is 0.480 e. The summed E-state index contributed by atoms with van der Waals surface area (Å²) in [5, 5.41) is 3.01. The first-order chi connectivity index (χ1) is 17.8. The average molecular weight is 503 g/mol. The smallest absolute Gasteiger partial charge is 0.255 e. The van der Waals surface area contributed by atoms with E-state index in [2.05, 4.69) is 10.3 Å². The Hall–Kier alpha value is -4.07. The first-order valence-electron chi connectivity index (χ1n) is 12.1. The maximum absolute atomic E-state index is 14.8. The number of Topliss-reactive ketones (excluding diaryl/α,β-unsaturated/α-hetero) is 1. The molecule has 0 spiro atoms. The Balaban J connectivity index is 1.47. The van der Waals surface area contributed by atoms with E-state index < -0.39 is 17.5 Å². The summed E-state index contributed by atoms with van der Waals surface area (Å²) in [5.41, 5.74) is 1.98. The van der Waals surface area contributed by atoms with Gasteiger partial charge in [0.2, 0.25) is 11.6 Å². The number of benzene rings is 2. The van der Waals surface area contributed by atoms with Gasteiger partial charge in [0, 0.05) is 24.6 Å². The zero-order chi connectivity index (χ0) is 25.9. The second kappa shape index (κ2) is 8.50. The van der Waals surface area contributed by atoms with Crippen LogP contribution in [-0.2, 0) is 0 Å². The zero-order valence-electron chi connectivity index (χ0n) is 20.4. The van der Waals surface area contributed by atoms with Gasteiger partial charge in [0.1, 0.15) is 17.4 Å². The predicted molar refractivity (Wildman–Crippen MR) is 133 cm³/mol. The third-order valence-corrected chi connectivity index (χ3v) is 7.68. The average Bonchev–Trinajstić information content (AvgIpc) is 3.23. The van der Waals surface area contributed by atoms with Gasteiger partial charge in [0.25, 0.3) is 5.91 Å². The van der Waals surface area contributed by atoms with Crippen molar-refractivity contribution in [2.45, 2.75) is 25.7 Å². The molecule has 3 fully saturated rings. The van der Waals surface area contributed by atoms with Crippen molar-refractivity contribution in [3.8, 4) is 28.3 Å². The minimum absolute atomic E-state index is 0.0371. The van der Waals surface area contributed by atoms with Crippen molar-refractivity contribution in [1.29, 1.82) is 0 Å². The van der Waals surface area contributed by atoms with Crippen LogP contribution >= 0.6 is 0 Å². The third-order valence-electron chi connectivity index (χ3n) is 7.68. The van der Waals surface area contributed by atoms with Crippen LogP contribution in [0.3, 0.4) is 0 Å².